The highest BCUT2D eigenvalue weighted by Gasteiger charge is 2.32. The molecule has 1 N–H and O–H groups in total. The summed E-state index contributed by atoms with van der Waals surface area (Å²) >= 11 is 0. The smallest absolute Gasteiger partial charge is 0.334 e. The number of likely N-dealkylation sites (tertiary alicyclic amines) is 1. The number of aliphatic carboxylic acids is 1. The normalized spacial score (nSPS) is 25.4. The van der Waals surface area contributed by atoms with E-state index in [2.05, 4.69) is 6.92 Å². The van der Waals surface area contributed by atoms with E-state index in [0.717, 1.165) is 31.8 Å². The third kappa shape index (κ3) is 3.37. The molecule has 2 fully saturated rings. The van der Waals surface area contributed by atoms with Gasteiger partial charge in [0.2, 0.25) is 0 Å². The second-order valence-electron chi connectivity index (χ2n) is 5.26. The zero-order valence-corrected chi connectivity index (χ0v) is 11.4. The van der Waals surface area contributed by atoms with Crippen LogP contribution in [0.15, 0.2) is 0 Å². The summed E-state index contributed by atoms with van der Waals surface area (Å²) in [5.41, 5.74) is 0. The number of ether oxygens (including phenoxy) is 1. The fourth-order valence-corrected chi connectivity index (χ4v) is 2.70. The Morgan fingerprint density at radius 1 is 1.21 bits per heavy atom. The van der Waals surface area contributed by atoms with E-state index in [-0.39, 0.29) is 12.6 Å². The maximum atomic E-state index is 12.3. The first-order chi connectivity index (χ1) is 9.11. The van der Waals surface area contributed by atoms with Crippen LogP contribution in [0.5, 0.6) is 0 Å². The molecule has 108 valence electrons. The lowest BCUT2D eigenvalue weighted by molar-refractivity contribution is -0.154. The molecule has 6 heteroatoms. The SMILES string of the molecule is CCC1CCN(C(=O)N2CCOC(C(=O)O)C2)CC1. The zero-order chi connectivity index (χ0) is 13.8. The molecule has 6 nitrogen and oxygen atoms in total. The van der Waals surface area contributed by atoms with Crippen LogP contribution in [0.1, 0.15) is 26.2 Å². The number of rotatable bonds is 2. The molecule has 2 aliphatic rings. The summed E-state index contributed by atoms with van der Waals surface area (Å²) in [6.45, 7) is 4.69. The largest absolute Gasteiger partial charge is 0.479 e. The minimum absolute atomic E-state index is 0.0379. The van der Waals surface area contributed by atoms with Gasteiger partial charge in [-0.15, -0.1) is 0 Å². The molecule has 0 radical (unpaired) electrons. The van der Waals surface area contributed by atoms with Gasteiger partial charge in [0.15, 0.2) is 6.10 Å². The summed E-state index contributed by atoms with van der Waals surface area (Å²) in [4.78, 5) is 26.7. The van der Waals surface area contributed by atoms with Gasteiger partial charge in [-0.2, -0.15) is 0 Å². The van der Waals surface area contributed by atoms with Crippen molar-refractivity contribution in [3.05, 3.63) is 0 Å². The van der Waals surface area contributed by atoms with E-state index in [4.69, 9.17) is 9.84 Å². The molecule has 2 aliphatic heterocycles. The van der Waals surface area contributed by atoms with Gasteiger partial charge in [-0.05, 0) is 18.8 Å². The summed E-state index contributed by atoms with van der Waals surface area (Å²) in [5, 5.41) is 8.94. The van der Waals surface area contributed by atoms with Crippen LogP contribution in [-0.2, 0) is 9.53 Å². The van der Waals surface area contributed by atoms with Gasteiger partial charge < -0.3 is 19.6 Å². The Morgan fingerprint density at radius 2 is 1.89 bits per heavy atom. The lowest BCUT2D eigenvalue weighted by atomic mass is 9.95. The highest BCUT2D eigenvalue weighted by Crippen LogP contribution is 2.21. The highest BCUT2D eigenvalue weighted by molar-refractivity contribution is 5.77. The van der Waals surface area contributed by atoms with Gasteiger partial charge in [-0.1, -0.05) is 13.3 Å². The Hall–Kier alpha value is -1.30. The van der Waals surface area contributed by atoms with E-state index in [0.29, 0.717) is 13.2 Å². The minimum atomic E-state index is -0.998. The van der Waals surface area contributed by atoms with Crippen LogP contribution in [0, 0.1) is 5.92 Å². The first-order valence-electron chi connectivity index (χ1n) is 7.00. The predicted octanol–water partition coefficient (Wildman–Crippen LogP) is 1.01. The predicted molar refractivity (Wildman–Crippen MR) is 68.9 cm³/mol. The Kier molecular flexibility index (Phi) is 4.63. The number of carboxylic acid groups (broad SMARTS) is 1. The molecule has 0 saturated carbocycles. The second-order valence-corrected chi connectivity index (χ2v) is 5.26. The first kappa shape index (κ1) is 14.1. The molecule has 2 amide bonds. The Morgan fingerprint density at radius 3 is 2.47 bits per heavy atom. The van der Waals surface area contributed by atoms with Crippen molar-refractivity contribution >= 4 is 12.0 Å². The van der Waals surface area contributed by atoms with Crippen LogP contribution in [0.4, 0.5) is 4.79 Å². The van der Waals surface area contributed by atoms with Gasteiger partial charge >= 0.3 is 12.0 Å². The molecular formula is C13H22N2O4. The quantitative estimate of drug-likeness (QED) is 0.813. The van der Waals surface area contributed by atoms with Crippen molar-refractivity contribution in [1.82, 2.24) is 9.80 Å². The van der Waals surface area contributed by atoms with Crippen LogP contribution in [-0.4, -0.2) is 65.8 Å². The van der Waals surface area contributed by atoms with Crippen LogP contribution < -0.4 is 0 Å². The Balaban J connectivity index is 1.87. The highest BCUT2D eigenvalue weighted by atomic mass is 16.5. The van der Waals surface area contributed by atoms with Crippen molar-refractivity contribution < 1.29 is 19.4 Å². The number of carbonyl (C=O) groups is 2. The maximum absolute atomic E-state index is 12.3. The lowest BCUT2D eigenvalue weighted by Crippen LogP contribution is -2.54. The monoisotopic (exact) mass is 270 g/mol. The fraction of sp³-hybridized carbons (Fsp3) is 0.846. The number of morpholine rings is 1. The molecular weight excluding hydrogens is 248 g/mol. The molecule has 19 heavy (non-hydrogen) atoms. The summed E-state index contributed by atoms with van der Waals surface area (Å²) in [6, 6.07) is -0.0379. The average Bonchev–Trinajstić information content (AvgIpc) is 2.46. The van der Waals surface area contributed by atoms with Crippen LogP contribution in [0.25, 0.3) is 0 Å². The van der Waals surface area contributed by atoms with E-state index in [1.54, 1.807) is 4.90 Å². The molecule has 0 aliphatic carbocycles. The number of piperidine rings is 1. The molecule has 2 saturated heterocycles. The number of hydrogen-bond acceptors (Lipinski definition) is 3. The van der Waals surface area contributed by atoms with Crippen LogP contribution >= 0.6 is 0 Å². The number of carboxylic acids is 1. The lowest BCUT2D eigenvalue weighted by Gasteiger charge is -2.38. The molecule has 0 spiro atoms. The van der Waals surface area contributed by atoms with Gasteiger partial charge in [-0.25, -0.2) is 9.59 Å². The third-order valence-corrected chi connectivity index (χ3v) is 4.07. The molecule has 0 aromatic carbocycles. The standard InChI is InChI=1S/C13H22N2O4/c1-2-10-3-5-14(6-4-10)13(18)15-7-8-19-11(9-15)12(16)17/h10-11H,2-9H2,1H3,(H,16,17). The molecule has 0 aromatic heterocycles. The van der Waals surface area contributed by atoms with Gasteiger partial charge in [0, 0.05) is 19.6 Å². The minimum Gasteiger partial charge on any atom is -0.479 e. The first-order valence-corrected chi connectivity index (χ1v) is 7.00. The van der Waals surface area contributed by atoms with Crippen molar-refractivity contribution in [1.29, 1.82) is 0 Å². The summed E-state index contributed by atoms with van der Waals surface area (Å²) < 4.78 is 5.13. The van der Waals surface area contributed by atoms with E-state index in [9.17, 15) is 9.59 Å². The van der Waals surface area contributed by atoms with Gasteiger partial charge in [-0.3, -0.25) is 0 Å². The number of amides is 2. The summed E-state index contributed by atoms with van der Waals surface area (Å²) in [6.07, 6.45) is 2.38. The van der Waals surface area contributed by atoms with Gasteiger partial charge in [0.1, 0.15) is 0 Å². The van der Waals surface area contributed by atoms with E-state index in [1.807, 2.05) is 4.90 Å². The van der Waals surface area contributed by atoms with Crippen molar-refractivity contribution in [3.63, 3.8) is 0 Å². The van der Waals surface area contributed by atoms with E-state index < -0.39 is 12.1 Å². The zero-order valence-electron chi connectivity index (χ0n) is 11.4. The molecule has 2 heterocycles. The van der Waals surface area contributed by atoms with Crippen molar-refractivity contribution in [2.24, 2.45) is 5.92 Å². The maximum Gasteiger partial charge on any atom is 0.334 e. The summed E-state index contributed by atoms with van der Waals surface area (Å²) in [7, 11) is 0. The molecule has 0 aromatic rings. The van der Waals surface area contributed by atoms with Crippen molar-refractivity contribution in [2.45, 2.75) is 32.3 Å². The molecule has 0 bridgehead atoms. The van der Waals surface area contributed by atoms with Crippen molar-refractivity contribution in [3.8, 4) is 0 Å². The number of carbonyl (C=O) groups excluding carboxylic acids is 1. The van der Waals surface area contributed by atoms with Crippen LogP contribution in [0.2, 0.25) is 0 Å². The number of hydrogen-bond donors (Lipinski definition) is 1. The number of urea groups is 1. The molecule has 2 rings (SSSR count). The second kappa shape index (κ2) is 6.23. The third-order valence-electron chi connectivity index (χ3n) is 4.07. The van der Waals surface area contributed by atoms with E-state index >= 15 is 0 Å². The Bertz CT molecular complexity index is 340. The van der Waals surface area contributed by atoms with Crippen LogP contribution in [0.3, 0.4) is 0 Å². The fourth-order valence-electron chi connectivity index (χ4n) is 2.70. The average molecular weight is 270 g/mol. The molecule has 1 atom stereocenters. The topological polar surface area (TPSA) is 70.1 Å². The Labute approximate surface area is 113 Å². The van der Waals surface area contributed by atoms with Crippen molar-refractivity contribution in [2.75, 3.05) is 32.8 Å². The number of nitrogens with zero attached hydrogens (tertiary/aromatic N) is 2. The van der Waals surface area contributed by atoms with Gasteiger partial charge in [0.25, 0.3) is 0 Å². The molecule has 1 unspecified atom stereocenters. The summed E-state index contributed by atoms with van der Waals surface area (Å²) in [5.74, 6) is -0.275. The van der Waals surface area contributed by atoms with Gasteiger partial charge in [0.05, 0.1) is 13.2 Å². The van der Waals surface area contributed by atoms with E-state index in [1.165, 1.54) is 6.42 Å².